The van der Waals surface area contributed by atoms with Gasteiger partial charge in [0.2, 0.25) is 0 Å². The molecule has 14 heavy (non-hydrogen) atoms. The van der Waals surface area contributed by atoms with Crippen molar-refractivity contribution < 1.29 is 5.11 Å². The number of H-pyrrole nitrogens is 1. The van der Waals surface area contributed by atoms with Gasteiger partial charge in [-0.15, -0.1) is 0 Å². The highest BCUT2D eigenvalue weighted by Crippen LogP contribution is 2.35. The first-order chi connectivity index (χ1) is 6.77. The molecule has 78 valence electrons. The molecule has 2 N–H and O–H groups in total. The molecule has 3 nitrogen and oxygen atoms in total. The first-order valence-corrected chi connectivity index (χ1v) is 5.44. The summed E-state index contributed by atoms with van der Waals surface area (Å²) in [4.78, 5) is 7.10. The largest absolute Gasteiger partial charge is 0.385 e. The van der Waals surface area contributed by atoms with Crippen LogP contribution in [0.25, 0.3) is 0 Å². The molecule has 3 atom stereocenters. The zero-order chi connectivity index (χ0) is 9.97. The van der Waals surface area contributed by atoms with Crippen LogP contribution < -0.4 is 0 Å². The Labute approximate surface area is 84.6 Å². The summed E-state index contributed by atoms with van der Waals surface area (Å²) in [5.74, 6) is 1.87. The molecule has 1 saturated carbocycles. The zero-order valence-corrected chi connectivity index (χ0v) is 8.61. The Bertz CT molecular complexity index is 271. The minimum absolute atomic E-state index is 0.393. The van der Waals surface area contributed by atoms with Crippen LogP contribution in [0.2, 0.25) is 0 Å². The highest BCUT2D eigenvalue weighted by molar-refractivity contribution is 4.95. The topological polar surface area (TPSA) is 48.9 Å². The summed E-state index contributed by atoms with van der Waals surface area (Å²) >= 11 is 0. The van der Waals surface area contributed by atoms with Crippen molar-refractivity contribution >= 4 is 0 Å². The van der Waals surface area contributed by atoms with Gasteiger partial charge in [0.05, 0.1) is 0 Å². The summed E-state index contributed by atoms with van der Waals surface area (Å²) in [5.41, 5.74) is 0. The highest BCUT2D eigenvalue weighted by atomic mass is 16.3. The second-order valence-corrected chi connectivity index (χ2v) is 4.45. The van der Waals surface area contributed by atoms with Gasteiger partial charge >= 0.3 is 0 Å². The maximum atomic E-state index is 10.1. The van der Waals surface area contributed by atoms with Gasteiger partial charge in [0.15, 0.2) is 0 Å². The van der Waals surface area contributed by atoms with E-state index < -0.39 is 6.10 Å². The molecule has 1 aromatic rings. The molecule has 3 unspecified atom stereocenters. The lowest BCUT2D eigenvalue weighted by Gasteiger charge is -2.29. The van der Waals surface area contributed by atoms with E-state index in [0.29, 0.717) is 5.92 Å². The number of nitrogens with one attached hydrogen (secondary N) is 1. The quantitative estimate of drug-likeness (QED) is 0.758. The van der Waals surface area contributed by atoms with Crippen LogP contribution in [0.3, 0.4) is 0 Å². The highest BCUT2D eigenvalue weighted by Gasteiger charge is 2.27. The van der Waals surface area contributed by atoms with Crippen molar-refractivity contribution in [3.05, 3.63) is 18.2 Å². The molecule has 0 spiro atoms. The standard InChI is InChI=1S/C11H18N2O/c1-8-3-2-4-9(7-8)10(14)11-12-5-6-13-11/h5-6,8-10,14H,2-4,7H2,1H3,(H,12,13). The number of aliphatic hydroxyl groups excluding tert-OH is 1. The minimum Gasteiger partial charge on any atom is -0.385 e. The molecular weight excluding hydrogens is 176 g/mol. The van der Waals surface area contributed by atoms with Crippen LogP contribution in [0, 0.1) is 11.8 Å². The van der Waals surface area contributed by atoms with Crippen molar-refractivity contribution in [1.82, 2.24) is 9.97 Å². The first-order valence-electron chi connectivity index (χ1n) is 5.44. The third-order valence-corrected chi connectivity index (χ3v) is 3.22. The lowest BCUT2D eigenvalue weighted by Crippen LogP contribution is -2.20. The Kier molecular flexibility index (Phi) is 2.87. The minimum atomic E-state index is -0.396. The van der Waals surface area contributed by atoms with Crippen molar-refractivity contribution in [3.8, 4) is 0 Å². The smallest absolute Gasteiger partial charge is 0.135 e. The molecule has 1 fully saturated rings. The zero-order valence-electron chi connectivity index (χ0n) is 8.61. The van der Waals surface area contributed by atoms with E-state index in [0.717, 1.165) is 24.6 Å². The van der Waals surface area contributed by atoms with E-state index in [4.69, 9.17) is 0 Å². The van der Waals surface area contributed by atoms with Crippen LogP contribution in [0.15, 0.2) is 12.4 Å². The van der Waals surface area contributed by atoms with E-state index in [-0.39, 0.29) is 0 Å². The number of imidazole rings is 1. The normalized spacial score (nSPS) is 30.1. The molecule has 0 radical (unpaired) electrons. The average molecular weight is 194 g/mol. The number of aromatic amines is 1. The van der Waals surface area contributed by atoms with E-state index >= 15 is 0 Å². The molecule has 1 aliphatic carbocycles. The lowest BCUT2D eigenvalue weighted by molar-refractivity contribution is 0.0650. The maximum Gasteiger partial charge on any atom is 0.135 e. The molecular formula is C11H18N2O. The van der Waals surface area contributed by atoms with Gasteiger partial charge in [-0.1, -0.05) is 19.8 Å². The van der Waals surface area contributed by atoms with Gasteiger partial charge in [-0.2, -0.15) is 0 Å². The first kappa shape index (κ1) is 9.71. The predicted molar refractivity (Wildman–Crippen MR) is 54.7 cm³/mol. The Hall–Kier alpha value is -0.830. The van der Waals surface area contributed by atoms with Crippen LogP contribution in [-0.2, 0) is 0 Å². The van der Waals surface area contributed by atoms with Crippen LogP contribution in [-0.4, -0.2) is 15.1 Å². The van der Waals surface area contributed by atoms with Gasteiger partial charge < -0.3 is 10.1 Å². The second kappa shape index (κ2) is 4.13. The Morgan fingerprint density at radius 1 is 1.57 bits per heavy atom. The van der Waals surface area contributed by atoms with E-state index in [1.54, 1.807) is 12.4 Å². The molecule has 0 bridgehead atoms. The molecule has 0 aliphatic heterocycles. The van der Waals surface area contributed by atoms with Gasteiger partial charge in [-0.25, -0.2) is 4.98 Å². The molecule has 0 aromatic carbocycles. The van der Waals surface area contributed by atoms with Gasteiger partial charge in [0.25, 0.3) is 0 Å². The fourth-order valence-electron chi connectivity index (χ4n) is 2.43. The average Bonchev–Trinajstić information content (AvgIpc) is 2.69. The molecule has 2 rings (SSSR count). The monoisotopic (exact) mass is 194 g/mol. The number of rotatable bonds is 2. The number of aromatic nitrogens is 2. The molecule has 1 heterocycles. The molecule has 3 heteroatoms. The number of hydrogen-bond donors (Lipinski definition) is 2. The maximum absolute atomic E-state index is 10.1. The fraction of sp³-hybridized carbons (Fsp3) is 0.727. The summed E-state index contributed by atoms with van der Waals surface area (Å²) in [5, 5.41) is 10.1. The van der Waals surface area contributed by atoms with Crippen LogP contribution in [0.4, 0.5) is 0 Å². The van der Waals surface area contributed by atoms with E-state index in [9.17, 15) is 5.11 Å². The van der Waals surface area contributed by atoms with Crippen LogP contribution in [0.1, 0.15) is 44.5 Å². The van der Waals surface area contributed by atoms with E-state index in [1.807, 2.05) is 0 Å². The predicted octanol–water partition coefficient (Wildman–Crippen LogP) is 2.27. The fourth-order valence-corrected chi connectivity index (χ4v) is 2.43. The number of aliphatic hydroxyl groups is 1. The summed E-state index contributed by atoms with van der Waals surface area (Å²) in [6, 6.07) is 0. The van der Waals surface area contributed by atoms with Gasteiger partial charge in [0.1, 0.15) is 11.9 Å². The Morgan fingerprint density at radius 3 is 3.07 bits per heavy atom. The van der Waals surface area contributed by atoms with Crippen molar-refractivity contribution in [3.63, 3.8) is 0 Å². The number of nitrogens with zero attached hydrogens (tertiary/aromatic N) is 1. The van der Waals surface area contributed by atoms with Crippen molar-refractivity contribution in [1.29, 1.82) is 0 Å². The Morgan fingerprint density at radius 2 is 2.43 bits per heavy atom. The molecule has 0 saturated heterocycles. The third kappa shape index (κ3) is 1.98. The Balaban J connectivity index is 2.00. The van der Waals surface area contributed by atoms with Crippen LogP contribution >= 0.6 is 0 Å². The van der Waals surface area contributed by atoms with Crippen molar-refractivity contribution in [2.45, 2.75) is 38.7 Å². The third-order valence-electron chi connectivity index (χ3n) is 3.22. The molecule has 1 aliphatic rings. The van der Waals surface area contributed by atoms with Crippen molar-refractivity contribution in [2.24, 2.45) is 11.8 Å². The van der Waals surface area contributed by atoms with E-state index in [1.165, 1.54) is 12.8 Å². The lowest BCUT2D eigenvalue weighted by atomic mass is 9.79. The van der Waals surface area contributed by atoms with Gasteiger partial charge in [-0.3, -0.25) is 0 Å². The molecule has 0 amide bonds. The SMILES string of the molecule is CC1CCCC(C(O)c2ncc[nH]2)C1. The van der Waals surface area contributed by atoms with Crippen LogP contribution in [0.5, 0.6) is 0 Å². The summed E-state index contributed by atoms with van der Waals surface area (Å²) in [6.07, 6.45) is 7.88. The van der Waals surface area contributed by atoms with E-state index in [2.05, 4.69) is 16.9 Å². The molecule has 1 aromatic heterocycles. The summed E-state index contributed by atoms with van der Waals surface area (Å²) in [6.45, 7) is 2.26. The van der Waals surface area contributed by atoms with Crippen molar-refractivity contribution in [2.75, 3.05) is 0 Å². The number of hydrogen-bond acceptors (Lipinski definition) is 2. The summed E-state index contributed by atoms with van der Waals surface area (Å²) in [7, 11) is 0. The van der Waals surface area contributed by atoms with Gasteiger partial charge in [0, 0.05) is 12.4 Å². The summed E-state index contributed by atoms with van der Waals surface area (Å²) < 4.78 is 0. The van der Waals surface area contributed by atoms with Gasteiger partial charge in [-0.05, 0) is 24.7 Å². The second-order valence-electron chi connectivity index (χ2n) is 4.45.